The SMILES string of the molecule is COc1cc(OC)cc(/C(C)=C2/C(=O)N(N3CCN(C)CC3)C(=O)/C2=C\c2ccccc2)c1. The number of nitrogens with zero attached hydrogens (tertiary/aromatic N) is 3. The predicted octanol–water partition coefficient (Wildman–Crippen LogP) is 3.09. The van der Waals surface area contributed by atoms with Gasteiger partial charge in [0, 0.05) is 32.2 Å². The summed E-state index contributed by atoms with van der Waals surface area (Å²) >= 11 is 0. The molecule has 2 heterocycles. The van der Waals surface area contributed by atoms with Crippen LogP contribution in [0.25, 0.3) is 11.6 Å². The van der Waals surface area contributed by atoms with Crippen molar-refractivity contribution in [3.63, 3.8) is 0 Å². The fourth-order valence-electron chi connectivity index (χ4n) is 4.17. The molecule has 0 saturated carbocycles. The number of carbonyl (C=O) groups is 2. The average Bonchev–Trinajstić information content (AvgIpc) is 3.08. The van der Waals surface area contributed by atoms with Crippen LogP contribution in [0.15, 0.2) is 59.7 Å². The molecule has 172 valence electrons. The molecule has 0 aromatic heterocycles. The molecule has 33 heavy (non-hydrogen) atoms. The second kappa shape index (κ2) is 9.60. The van der Waals surface area contributed by atoms with E-state index in [1.807, 2.05) is 61.4 Å². The van der Waals surface area contributed by atoms with Gasteiger partial charge in [0.25, 0.3) is 11.8 Å². The van der Waals surface area contributed by atoms with E-state index < -0.39 is 0 Å². The summed E-state index contributed by atoms with van der Waals surface area (Å²) in [7, 11) is 5.21. The first-order valence-corrected chi connectivity index (χ1v) is 11.0. The minimum atomic E-state index is -0.300. The van der Waals surface area contributed by atoms with Gasteiger partial charge in [0.2, 0.25) is 0 Å². The molecule has 0 atom stereocenters. The summed E-state index contributed by atoms with van der Waals surface area (Å²) in [5, 5.41) is 3.17. The first kappa shape index (κ1) is 22.8. The average molecular weight is 448 g/mol. The maximum absolute atomic E-state index is 13.7. The summed E-state index contributed by atoms with van der Waals surface area (Å²) in [5.41, 5.74) is 3.12. The standard InChI is InChI=1S/C26H29N3O4/c1-18(20-15-21(32-3)17-22(16-20)33-4)24-23(14-19-8-6-5-7-9-19)25(30)29(26(24)31)28-12-10-27(2)11-13-28/h5-9,14-17H,10-13H2,1-4H3/b23-14-,24-18+. The number of benzene rings is 2. The van der Waals surface area contributed by atoms with Gasteiger partial charge in [-0.15, -0.1) is 0 Å². The molecule has 0 aliphatic carbocycles. The van der Waals surface area contributed by atoms with Crippen LogP contribution in [0.5, 0.6) is 11.5 Å². The van der Waals surface area contributed by atoms with E-state index in [0.717, 1.165) is 24.2 Å². The number of ether oxygens (including phenoxy) is 2. The molecular weight excluding hydrogens is 418 g/mol. The van der Waals surface area contributed by atoms with Gasteiger partial charge in [-0.25, -0.2) is 10.0 Å². The maximum atomic E-state index is 13.7. The Morgan fingerprint density at radius 3 is 2.06 bits per heavy atom. The van der Waals surface area contributed by atoms with E-state index in [-0.39, 0.29) is 11.8 Å². The molecule has 2 aliphatic heterocycles. The van der Waals surface area contributed by atoms with E-state index in [1.54, 1.807) is 26.4 Å². The Morgan fingerprint density at radius 1 is 0.879 bits per heavy atom. The molecule has 0 unspecified atom stereocenters. The number of methoxy groups -OCH3 is 2. The normalized spacial score (nSPS) is 20.5. The van der Waals surface area contributed by atoms with Crippen LogP contribution in [-0.4, -0.2) is 74.2 Å². The number of hydrogen-bond acceptors (Lipinski definition) is 6. The van der Waals surface area contributed by atoms with Crippen LogP contribution in [0.1, 0.15) is 18.1 Å². The molecule has 0 bridgehead atoms. The van der Waals surface area contributed by atoms with Crippen LogP contribution in [0.4, 0.5) is 0 Å². The molecule has 0 radical (unpaired) electrons. The smallest absolute Gasteiger partial charge is 0.276 e. The van der Waals surface area contributed by atoms with Gasteiger partial charge in [0.15, 0.2) is 0 Å². The largest absolute Gasteiger partial charge is 0.497 e. The van der Waals surface area contributed by atoms with Crippen LogP contribution >= 0.6 is 0 Å². The van der Waals surface area contributed by atoms with Crippen LogP contribution in [0.2, 0.25) is 0 Å². The molecule has 2 fully saturated rings. The Labute approximate surface area is 194 Å². The highest BCUT2D eigenvalue weighted by atomic mass is 16.5. The second-order valence-corrected chi connectivity index (χ2v) is 8.25. The zero-order chi connectivity index (χ0) is 23.5. The molecule has 7 heteroatoms. The lowest BCUT2D eigenvalue weighted by atomic mass is 9.95. The van der Waals surface area contributed by atoms with Crippen molar-refractivity contribution in [2.75, 3.05) is 47.4 Å². The van der Waals surface area contributed by atoms with Gasteiger partial charge >= 0.3 is 0 Å². The van der Waals surface area contributed by atoms with Gasteiger partial charge in [-0.3, -0.25) is 9.59 Å². The molecule has 2 aromatic rings. The van der Waals surface area contributed by atoms with E-state index in [2.05, 4.69) is 4.90 Å². The highest BCUT2D eigenvalue weighted by Gasteiger charge is 2.44. The van der Waals surface area contributed by atoms with Crippen LogP contribution in [0.3, 0.4) is 0 Å². The number of allylic oxidation sites excluding steroid dienone is 1. The van der Waals surface area contributed by atoms with Gasteiger partial charge in [0.1, 0.15) is 11.5 Å². The van der Waals surface area contributed by atoms with Gasteiger partial charge < -0.3 is 14.4 Å². The first-order valence-electron chi connectivity index (χ1n) is 11.0. The minimum Gasteiger partial charge on any atom is -0.497 e. The number of likely N-dealkylation sites (N-methyl/N-ethyl adjacent to an activating group) is 1. The van der Waals surface area contributed by atoms with E-state index in [4.69, 9.17) is 9.47 Å². The molecule has 2 aromatic carbocycles. The van der Waals surface area contributed by atoms with Crippen molar-refractivity contribution in [3.05, 3.63) is 70.8 Å². The van der Waals surface area contributed by atoms with Crippen molar-refractivity contribution in [3.8, 4) is 11.5 Å². The van der Waals surface area contributed by atoms with Crippen LogP contribution < -0.4 is 9.47 Å². The maximum Gasteiger partial charge on any atom is 0.276 e. The van der Waals surface area contributed by atoms with Crippen LogP contribution in [-0.2, 0) is 9.59 Å². The van der Waals surface area contributed by atoms with Crippen molar-refractivity contribution in [2.24, 2.45) is 0 Å². The monoisotopic (exact) mass is 447 g/mol. The third-order valence-corrected chi connectivity index (χ3v) is 6.13. The molecule has 0 N–H and O–H groups in total. The quantitative estimate of drug-likeness (QED) is 0.519. The Balaban J connectivity index is 1.85. The Morgan fingerprint density at radius 2 is 1.48 bits per heavy atom. The van der Waals surface area contributed by atoms with Gasteiger partial charge in [0.05, 0.1) is 25.4 Å². The first-order chi connectivity index (χ1) is 15.9. The van der Waals surface area contributed by atoms with E-state index >= 15 is 0 Å². The highest BCUT2D eigenvalue weighted by molar-refractivity contribution is 6.28. The summed E-state index contributed by atoms with van der Waals surface area (Å²) in [4.78, 5) is 29.5. The lowest BCUT2D eigenvalue weighted by molar-refractivity contribution is -0.157. The highest BCUT2D eigenvalue weighted by Crippen LogP contribution is 2.36. The molecule has 2 amide bonds. The molecule has 0 spiro atoms. The Hall–Kier alpha value is -3.42. The number of carbonyl (C=O) groups excluding carboxylic acids is 2. The summed E-state index contributed by atoms with van der Waals surface area (Å²) in [6.07, 6.45) is 1.80. The lowest BCUT2D eigenvalue weighted by Crippen LogP contribution is -2.54. The third-order valence-electron chi connectivity index (χ3n) is 6.13. The zero-order valence-electron chi connectivity index (χ0n) is 19.5. The van der Waals surface area contributed by atoms with Crippen molar-refractivity contribution in [1.29, 1.82) is 0 Å². The number of hydrogen-bond donors (Lipinski definition) is 0. The number of amides is 2. The summed E-state index contributed by atoms with van der Waals surface area (Å²) < 4.78 is 10.8. The molecular formula is C26H29N3O4. The van der Waals surface area contributed by atoms with Crippen LogP contribution in [0, 0.1) is 0 Å². The lowest BCUT2D eigenvalue weighted by Gasteiger charge is -2.36. The molecule has 2 aliphatic rings. The zero-order valence-corrected chi connectivity index (χ0v) is 19.5. The number of imide groups is 1. The van der Waals surface area contributed by atoms with E-state index in [1.165, 1.54) is 5.01 Å². The minimum absolute atomic E-state index is 0.294. The van der Waals surface area contributed by atoms with Crippen molar-refractivity contribution >= 4 is 23.5 Å². The summed E-state index contributed by atoms with van der Waals surface area (Å²) in [5.74, 6) is 0.639. The van der Waals surface area contributed by atoms with Gasteiger partial charge in [-0.2, -0.15) is 0 Å². The summed E-state index contributed by atoms with van der Waals surface area (Å²) in [6, 6.07) is 15.1. The fraction of sp³-hybridized carbons (Fsp3) is 0.308. The van der Waals surface area contributed by atoms with E-state index in [0.29, 0.717) is 41.3 Å². The number of piperazine rings is 1. The number of rotatable bonds is 5. The summed E-state index contributed by atoms with van der Waals surface area (Å²) in [6.45, 7) is 4.68. The van der Waals surface area contributed by atoms with Gasteiger partial charge in [-0.05, 0) is 48.9 Å². The topological polar surface area (TPSA) is 62.3 Å². The van der Waals surface area contributed by atoms with Crippen molar-refractivity contribution in [2.45, 2.75) is 6.92 Å². The molecule has 2 saturated heterocycles. The van der Waals surface area contributed by atoms with E-state index in [9.17, 15) is 9.59 Å². The number of hydrazine groups is 1. The van der Waals surface area contributed by atoms with Crippen molar-refractivity contribution in [1.82, 2.24) is 14.9 Å². The Kier molecular flexibility index (Phi) is 6.62. The fourth-order valence-corrected chi connectivity index (χ4v) is 4.17. The second-order valence-electron chi connectivity index (χ2n) is 8.25. The molecule has 4 rings (SSSR count). The third kappa shape index (κ3) is 4.55. The van der Waals surface area contributed by atoms with Crippen molar-refractivity contribution < 1.29 is 19.1 Å². The van der Waals surface area contributed by atoms with Gasteiger partial charge in [-0.1, -0.05) is 30.3 Å². The predicted molar refractivity (Wildman–Crippen MR) is 127 cm³/mol. The molecule has 7 nitrogen and oxygen atoms in total. The Bertz CT molecular complexity index is 1090.